The summed E-state index contributed by atoms with van der Waals surface area (Å²) in [5, 5.41) is 0.695. The quantitative estimate of drug-likeness (QED) is 0.587. The molecule has 0 unspecified atom stereocenters. The van der Waals surface area contributed by atoms with Crippen molar-refractivity contribution in [3.8, 4) is 11.3 Å². The van der Waals surface area contributed by atoms with Gasteiger partial charge < -0.3 is 14.2 Å². The van der Waals surface area contributed by atoms with E-state index in [0.717, 1.165) is 48.3 Å². The third-order valence-corrected chi connectivity index (χ3v) is 5.31. The van der Waals surface area contributed by atoms with Gasteiger partial charge in [0.2, 0.25) is 0 Å². The normalized spacial score (nSPS) is 14.5. The molecule has 1 fully saturated rings. The summed E-state index contributed by atoms with van der Waals surface area (Å²) in [5.41, 5.74) is 2.22. The predicted octanol–water partition coefficient (Wildman–Crippen LogP) is 5.10. The van der Waals surface area contributed by atoms with Crippen molar-refractivity contribution < 1.29 is 4.42 Å². The number of rotatable bonds is 3. The van der Waals surface area contributed by atoms with Crippen LogP contribution in [0.15, 0.2) is 71.1 Å². The van der Waals surface area contributed by atoms with Crippen LogP contribution in [0, 0.1) is 0 Å². The van der Waals surface area contributed by atoms with Crippen LogP contribution in [0.4, 0.5) is 5.69 Å². The Hall–Kier alpha value is -2.30. The molecule has 0 amide bonds. The second-order valence-electron chi connectivity index (χ2n) is 6.29. The Kier molecular flexibility index (Phi) is 4.96. The fraction of sp³-hybridized carbons (Fsp3) is 0.190. The lowest BCUT2D eigenvalue weighted by Crippen LogP contribution is -2.48. The summed E-state index contributed by atoms with van der Waals surface area (Å²) in [7, 11) is 0. The molecule has 1 aliphatic rings. The summed E-state index contributed by atoms with van der Waals surface area (Å²) in [5.74, 6) is 1.52. The van der Waals surface area contributed by atoms with Gasteiger partial charge in [0.25, 0.3) is 0 Å². The van der Waals surface area contributed by atoms with Crippen molar-refractivity contribution in [1.29, 1.82) is 0 Å². The van der Waals surface area contributed by atoms with Crippen LogP contribution in [0.2, 0.25) is 5.02 Å². The molecule has 3 aromatic rings. The molecule has 5 heteroatoms. The molecule has 2 heterocycles. The fourth-order valence-corrected chi connectivity index (χ4v) is 3.69. The molecule has 0 spiro atoms. The number of thiocarbonyl (C=S) groups is 1. The highest BCUT2D eigenvalue weighted by Gasteiger charge is 2.21. The highest BCUT2D eigenvalue weighted by atomic mass is 35.5. The molecule has 1 saturated heterocycles. The molecular formula is C21H19ClN2OS. The third-order valence-electron chi connectivity index (χ3n) is 4.61. The second-order valence-corrected chi connectivity index (χ2v) is 7.11. The van der Waals surface area contributed by atoms with Crippen LogP contribution in [0.3, 0.4) is 0 Å². The zero-order chi connectivity index (χ0) is 17.9. The molecular weight excluding hydrogens is 364 g/mol. The number of hydrogen-bond donors (Lipinski definition) is 0. The maximum absolute atomic E-state index is 6.07. The number of furan rings is 1. The minimum Gasteiger partial charge on any atom is -0.454 e. The van der Waals surface area contributed by atoms with Gasteiger partial charge in [0.05, 0.1) is 0 Å². The molecule has 4 rings (SSSR count). The van der Waals surface area contributed by atoms with Crippen LogP contribution in [0.5, 0.6) is 0 Å². The minimum absolute atomic E-state index is 0.695. The molecule has 0 radical (unpaired) electrons. The smallest absolute Gasteiger partial charge is 0.162 e. The summed E-state index contributed by atoms with van der Waals surface area (Å²) in [6.07, 6.45) is 0. The van der Waals surface area contributed by atoms with Crippen LogP contribution in [0.1, 0.15) is 5.76 Å². The fourth-order valence-electron chi connectivity index (χ4n) is 3.21. The standard InChI is InChI=1S/C21H19ClN2OS/c22-17-6-4-5-16(15-17)19-9-10-20(25-19)21(26)24-13-11-23(12-14-24)18-7-2-1-3-8-18/h1-10,15H,11-14H2. The Balaban J connectivity index is 1.43. The van der Waals surface area contributed by atoms with E-state index in [2.05, 4.69) is 34.1 Å². The van der Waals surface area contributed by atoms with Crippen LogP contribution >= 0.6 is 23.8 Å². The average molecular weight is 383 g/mol. The highest BCUT2D eigenvalue weighted by Crippen LogP contribution is 2.26. The lowest BCUT2D eigenvalue weighted by Gasteiger charge is -2.37. The molecule has 1 aromatic heterocycles. The molecule has 26 heavy (non-hydrogen) atoms. The summed E-state index contributed by atoms with van der Waals surface area (Å²) in [6.45, 7) is 3.68. The van der Waals surface area contributed by atoms with Gasteiger partial charge in [-0.25, -0.2) is 0 Å². The van der Waals surface area contributed by atoms with Gasteiger partial charge in [-0.1, -0.05) is 54.2 Å². The maximum atomic E-state index is 6.07. The van der Waals surface area contributed by atoms with E-state index in [9.17, 15) is 0 Å². The van der Waals surface area contributed by atoms with Crippen LogP contribution in [0.25, 0.3) is 11.3 Å². The average Bonchev–Trinajstić information content (AvgIpc) is 3.18. The van der Waals surface area contributed by atoms with Gasteiger partial charge in [-0.05, 0) is 36.4 Å². The molecule has 3 nitrogen and oxygen atoms in total. The van der Waals surface area contributed by atoms with Crippen LogP contribution in [-0.4, -0.2) is 36.1 Å². The van der Waals surface area contributed by atoms with Crippen molar-refractivity contribution in [1.82, 2.24) is 4.90 Å². The van der Waals surface area contributed by atoms with Gasteiger partial charge in [0.1, 0.15) is 10.7 Å². The van der Waals surface area contributed by atoms with Crippen LogP contribution < -0.4 is 4.90 Å². The van der Waals surface area contributed by atoms with Crippen molar-refractivity contribution in [3.63, 3.8) is 0 Å². The maximum Gasteiger partial charge on any atom is 0.162 e. The van der Waals surface area contributed by atoms with Crippen LogP contribution in [-0.2, 0) is 0 Å². The Labute approximate surface area is 163 Å². The van der Waals surface area contributed by atoms with E-state index in [-0.39, 0.29) is 0 Å². The molecule has 1 aliphatic heterocycles. The number of benzene rings is 2. The molecule has 0 bridgehead atoms. The number of nitrogens with zero attached hydrogens (tertiary/aromatic N) is 2. The van der Waals surface area contributed by atoms with Crippen molar-refractivity contribution in [2.24, 2.45) is 0 Å². The number of piperazine rings is 1. The van der Waals surface area contributed by atoms with Crippen molar-refractivity contribution in [2.45, 2.75) is 0 Å². The predicted molar refractivity (Wildman–Crippen MR) is 111 cm³/mol. The summed E-state index contributed by atoms with van der Waals surface area (Å²) in [6, 6.07) is 22.0. The van der Waals surface area contributed by atoms with E-state index >= 15 is 0 Å². The van der Waals surface area contributed by atoms with Gasteiger partial charge in [0, 0.05) is 42.5 Å². The van der Waals surface area contributed by atoms with Crippen molar-refractivity contribution >= 4 is 34.5 Å². The monoisotopic (exact) mass is 382 g/mol. The molecule has 2 aromatic carbocycles. The molecule has 132 valence electrons. The Morgan fingerprint density at radius 2 is 1.65 bits per heavy atom. The summed E-state index contributed by atoms with van der Waals surface area (Å²) in [4.78, 5) is 5.37. The van der Waals surface area contributed by atoms with Crippen molar-refractivity contribution in [3.05, 3.63) is 77.5 Å². The zero-order valence-corrected chi connectivity index (χ0v) is 15.8. The Morgan fingerprint density at radius 1 is 0.885 bits per heavy atom. The number of halogens is 1. The lowest BCUT2D eigenvalue weighted by molar-refractivity contribution is 0.385. The SMILES string of the molecule is S=C(c1ccc(-c2cccc(Cl)c2)o1)N1CCN(c2ccccc2)CC1. The number of para-hydroxylation sites is 1. The number of anilines is 1. The largest absolute Gasteiger partial charge is 0.454 e. The van der Waals surface area contributed by atoms with E-state index in [0.29, 0.717) is 5.02 Å². The molecule has 0 atom stereocenters. The second kappa shape index (κ2) is 7.52. The minimum atomic E-state index is 0.695. The van der Waals surface area contributed by atoms with Gasteiger partial charge in [0.15, 0.2) is 5.76 Å². The Morgan fingerprint density at radius 3 is 2.38 bits per heavy atom. The summed E-state index contributed by atoms with van der Waals surface area (Å²) >= 11 is 11.7. The summed E-state index contributed by atoms with van der Waals surface area (Å²) < 4.78 is 6.00. The van der Waals surface area contributed by atoms with Crippen molar-refractivity contribution in [2.75, 3.05) is 31.1 Å². The van der Waals surface area contributed by atoms with Gasteiger partial charge in [-0.15, -0.1) is 0 Å². The number of hydrogen-bond acceptors (Lipinski definition) is 3. The first-order valence-corrected chi connectivity index (χ1v) is 9.44. The van der Waals surface area contributed by atoms with Gasteiger partial charge in [-0.3, -0.25) is 0 Å². The molecule has 0 aliphatic carbocycles. The zero-order valence-electron chi connectivity index (χ0n) is 14.3. The van der Waals surface area contributed by atoms with E-state index < -0.39 is 0 Å². The molecule has 0 saturated carbocycles. The third kappa shape index (κ3) is 3.62. The van der Waals surface area contributed by atoms with Gasteiger partial charge >= 0.3 is 0 Å². The van der Waals surface area contributed by atoms with E-state index in [1.807, 2.05) is 42.5 Å². The Bertz CT molecular complexity index is 901. The lowest BCUT2D eigenvalue weighted by atomic mass is 10.2. The van der Waals surface area contributed by atoms with E-state index in [4.69, 9.17) is 28.2 Å². The molecule has 0 N–H and O–H groups in total. The van der Waals surface area contributed by atoms with E-state index in [1.54, 1.807) is 0 Å². The topological polar surface area (TPSA) is 19.6 Å². The van der Waals surface area contributed by atoms with Gasteiger partial charge in [-0.2, -0.15) is 0 Å². The van der Waals surface area contributed by atoms with E-state index in [1.165, 1.54) is 5.69 Å². The first-order chi connectivity index (χ1) is 12.7. The highest BCUT2D eigenvalue weighted by molar-refractivity contribution is 7.80. The first kappa shape index (κ1) is 17.1. The first-order valence-electron chi connectivity index (χ1n) is 8.66.